The van der Waals surface area contributed by atoms with Gasteiger partial charge in [-0.25, -0.2) is 0 Å². The molecule has 0 bridgehead atoms. The number of esters is 1. The van der Waals surface area contributed by atoms with Crippen molar-refractivity contribution < 1.29 is 28.3 Å². The van der Waals surface area contributed by atoms with Crippen LogP contribution >= 0.6 is 0 Å². The number of hydrogen-bond donors (Lipinski definition) is 0. The highest BCUT2D eigenvalue weighted by Gasteiger charge is 2.25. The van der Waals surface area contributed by atoms with Crippen molar-refractivity contribution in [2.75, 3.05) is 12.9 Å². The van der Waals surface area contributed by atoms with Crippen molar-refractivity contribution in [2.45, 2.75) is 4.90 Å². The Morgan fingerprint density at radius 3 is 2.19 bits per heavy atom. The van der Waals surface area contributed by atoms with Gasteiger partial charge in [-0.3, -0.25) is 29.2 Å². The molecule has 0 heterocycles. The number of nitrogens with zero attached hydrogens (tertiary/aromatic N) is 2. The van der Waals surface area contributed by atoms with Crippen molar-refractivity contribution in [3.63, 3.8) is 0 Å². The largest absolute Gasteiger partial charge is 0.497 e. The second-order valence-electron chi connectivity index (χ2n) is 4.81. The van der Waals surface area contributed by atoms with Crippen LogP contribution < -0.4 is 9.47 Å². The molecule has 0 amide bonds. The van der Waals surface area contributed by atoms with Gasteiger partial charge in [0.15, 0.2) is 0 Å². The number of carbonyl (C=O) groups excluding carboxylic acids is 1. The van der Waals surface area contributed by atoms with Crippen molar-refractivity contribution in [1.82, 2.24) is 0 Å². The first kappa shape index (κ1) is 19.0. The fourth-order valence-corrected chi connectivity index (χ4v) is 2.96. The maximum Gasteiger partial charge on any atom is 0.324 e. The lowest BCUT2D eigenvalue weighted by molar-refractivity contribution is -0.396. The molecule has 0 saturated heterocycles. The molecule has 1 atom stereocenters. The van der Waals surface area contributed by atoms with Crippen LogP contribution in [0.1, 0.15) is 0 Å². The van der Waals surface area contributed by atoms with Crippen molar-refractivity contribution >= 4 is 28.1 Å². The van der Waals surface area contributed by atoms with Crippen LogP contribution in [0.5, 0.6) is 11.5 Å². The fraction of sp³-hybridized carbons (Fsp3) is 0.133. The SMILES string of the molecule is COc1ccc(OC(=O)CS(=O)c2ccc([N+](=O)[O-])cc2[N+](=O)[O-])cc1. The second kappa shape index (κ2) is 8.16. The van der Waals surface area contributed by atoms with Crippen LogP contribution in [0.25, 0.3) is 0 Å². The van der Waals surface area contributed by atoms with Gasteiger partial charge in [0.05, 0.1) is 33.8 Å². The molecular formula is C15H12N2O8S. The van der Waals surface area contributed by atoms with Gasteiger partial charge in [-0.2, -0.15) is 0 Å². The quantitative estimate of drug-likeness (QED) is 0.308. The minimum Gasteiger partial charge on any atom is -0.497 e. The Balaban J connectivity index is 2.14. The van der Waals surface area contributed by atoms with E-state index in [1.807, 2.05) is 0 Å². The predicted molar refractivity (Wildman–Crippen MR) is 89.7 cm³/mol. The van der Waals surface area contributed by atoms with Gasteiger partial charge >= 0.3 is 5.97 Å². The number of benzene rings is 2. The topological polar surface area (TPSA) is 139 Å². The van der Waals surface area contributed by atoms with Gasteiger partial charge in [-0.05, 0) is 30.3 Å². The van der Waals surface area contributed by atoms with E-state index in [1.165, 1.54) is 19.2 Å². The lowest BCUT2D eigenvalue weighted by Gasteiger charge is -2.06. The third-order valence-electron chi connectivity index (χ3n) is 3.14. The van der Waals surface area contributed by atoms with Crippen LogP contribution in [-0.4, -0.2) is 32.9 Å². The minimum absolute atomic E-state index is 0.186. The molecule has 0 spiro atoms. The lowest BCUT2D eigenvalue weighted by Crippen LogP contribution is -2.17. The second-order valence-corrected chi connectivity index (χ2v) is 6.23. The first-order valence-electron chi connectivity index (χ1n) is 6.97. The highest BCUT2D eigenvalue weighted by Crippen LogP contribution is 2.27. The molecule has 136 valence electrons. The maximum atomic E-state index is 12.3. The van der Waals surface area contributed by atoms with Gasteiger partial charge in [0.25, 0.3) is 11.4 Å². The van der Waals surface area contributed by atoms with E-state index in [0.29, 0.717) is 11.8 Å². The molecular weight excluding hydrogens is 368 g/mol. The molecule has 11 heteroatoms. The zero-order valence-corrected chi connectivity index (χ0v) is 14.1. The van der Waals surface area contributed by atoms with Crippen LogP contribution in [0.2, 0.25) is 0 Å². The van der Waals surface area contributed by atoms with Crippen LogP contribution in [0.15, 0.2) is 47.4 Å². The summed E-state index contributed by atoms with van der Waals surface area (Å²) in [6.45, 7) is 0. The number of carbonyl (C=O) groups is 1. The number of non-ortho nitro benzene ring substituents is 1. The van der Waals surface area contributed by atoms with E-state index in [2.05, 4.69) is 0 Å². The van der Waals surface area contributed by atoms with Crippen LogP contribution in [0.4, 0.5) is 11.4 Å². The van der Waals surface area contributed by atoms with Crippen molar-refractivity contribution in [3.05, 3.63) is 62.7 Å². The molecule has 2 rings (SSSR count). The third-order valence-corrected chi connectivity index (χ3v) is 4.47. The summed E-state index contributed by atoms with van der Waals surface area (Å²) in [4.78, 5) is 31.6. The smallest absolute Gasteiger partial charge is 0.324 e. The lowest BCUT2D eigenvalue weighted by atomic mass is 10.3. The van der Waals surface area contributed by atoms with E-state index in [9.17, 15) is 29.2 Å². The van der Waals surface area contributed by atoms with Crippen LogP contribution in [-0.2, 0) is 15.6 Å². The van der Waals surface area contributed by atoms with Crippen molar-refractivity contribution in [2.24, 2.45) is 0 Å². The van der Waals surface area contributed by atoms with Gasteiger partial charge in [0.1, 0.15) is 22.1 Å². The molecule has 26 heavy (non-hydrogen) atoms. The highest BCUT2D eigenvalue weighted by atomic mass is 32.2. The Bertz CT molecular complexity index is 882. The average molecular weight is 380 g/mol. The summed E-state index contributed by atoms with van der Waals surface area (Å²) < 4.78 is 22.2. The summed E-state index contributed by atoms with van der Waals surface area (Å²) in [6.07, 6.45) is 0. The Labute approximate surface area is 149 Å². The summed E-state index contributed by atoms with van der Waals surface area (Å²) in [5.74, 6) is -0.785. The third kappa shape index (κ3) is 4.60. The van der Waals surface area contributed by atoms with E-state index >= 15 is 0 Å². The number of methoxy groups -OCH3 is 1. The van der Waals surface area contributed by atoms with E-state index in [1.54, 1.807) is 12.1 Å². The van der Waals surface area contributed by atoms with Gasteiger partial charge in [0, 0.05) is 6.07 Å². The Morgan fingerprint density at radius 1 is 1.04 bits per heavy atom. The number of nitro groups is 2. The molecule has 2 aromatic rings. The minimum atomic E-state index is -2.11. The predicted octanol–water partition coefficient (Wildman–Crippen LogP) is 2.22. The molecule has 0 aliphatic carbocycles. The molecule has 2 aromatic carbocycles. The molecule has 0 fully saturated rings. The van der Waals surface area contributed by atoms with E-state index in [0.717, 1.165) is 12.1 Å². The van der Waals surface area contributed by atoms with Crippen molar-refractivity contribution in [3.8, 4) is 11.5 Å². The average Bonchev–Trinajstić information content (AvgIpc) is 2.61. The number of ether oxygens (including phenoxy) is 2. The molecule has 0 aliphatic heterocycles. The van der Waals surface area contributed by atoms with Crippen LogP contribution in [0.3, 0.4) is 0 Å². The maximum absolute atomic E-state index is 12.3. The van der Waals surface area contributed by atoms with E-state index in [4.69, 9.17) is 9.47 Å². The Morgan fingerprint density at radius 2 is 1.65 bits per heavy atom. The zero-order chi connectivity index (χ0) is 19.3. The van der Waals surface area contributed by atoms with Gasteiger partial charge < -0.3 is 9.47 Å². The van der Waals surface area contributed by atoms with E-state index < -0.39 is 43.7 Å². The Hall–Kier alpha value is -3.34. The monoisotopic (exact) mass is 380 g/mol. The highest BCUT2D eigenvalue weighted by molar-refractivity contribution is 7.85. The Kier molecular flexibility index (Phi) is 5.96. The molecule has 0 aromatic heterocycles. The molecule has 0 aliphatic rings. The normalized spacial score (nSPS) is 11.4. The molecule has 0 radical (unpaired) electrons. The van der Waals surface area contributed by atoms with Crippen LogP contribution in [0, 0.1) is 20.2 Å². The first-order chi connectivity index (χ1) is 12.3. The molecule has 0 saturated carbocycles. The first-order valence-corrected chi connectivity index (χ1v) is 8.29. The number of hydrogen-bond acceptors (Lipinski definition) is 8. The zero-order valence-electron chi connectivity index (χ0n) is 13.3. The summed E-state index contributed by atoms with van der Waals surface area (Å²) in [7, 11) is -0.637. The number of rotatable bonds is 7. The molecule has 1 unspecified atom stereocenters. The summed E-state index contributed by atoms with van der Waals surface area (Å²) in [6, 6.07) is 8.72. The van der Waals surface area contributed by atoms with E-state index in [-0.39, 0.29) is 10.6 Å². The summed E-state index contributed by atoms with van der Waals surface area (Å²) in [5.41, 5.74) is -1.21. The van der Waals surface area contributed by atoms with Gasteiger partial charge in [0.2, 0.25) is 0 Å². The van der Waals surface area contributed by atoms with Gasteiger partial charge in [-0.1, -0.05) is 0 Å². The fourth-order valence-electron chi connectivity index (χ4n) is 1.94. The van der Waals surface area contributed by atoms with Crippen molar-refractivity contribution in [1.29, 1.82) is 0 Å². The van der Waals surface area contributed by atoms with Gasteiger partial charge in [-0.15, -0.1) is 0 Å². The molecule has 0 N–H and O–H groups in total. The summed E-state index contributed by atoms with van der Waals surface area (Å²) >= 11 is 0. The molecule has 10 nitrogen and oxygen atoms in total. The number of nitro benzene ring substituents is 2. The standard InChI is InChI=1S/C15H12N2O8S/c1-24-11-3-5-12(6-4-11)25-15(18)9-26(23)14-7-2-10(16(19)20)8-13(14)17(21)22/h2-8H,9H2,1H3. The summed E-state index contributed by atoms with van der Waals surface area (Å²) in [5, 5.41) is 21.8.